The standard InChI is InChI=1S/C15H19ClOS/c1-11-15(10-16,6-7-17-11)9-13-8-12-4-2-3-5-14(12)18-13/h2-5,11,13H,6-10H2,1H3. The topological polar surface area (TPSA) is 9.23 Å². The Morgan fingerprint density at radius 2 is 2.28 bits per heavy atom. The highest BCUT2D eigenvalue weighted by Gasteiger charge is 2.43. The lowest BCUT2D eigenvalue weighted by Crippen LogP contribution is -2.33. The lowest BCUT2D eigenvalue weighted by Gasteiger charge is -2.32. The first-order valence-electron chi connectivity index (χ1n) is 6.66. The third-order valence-electron chi connectivity index (χ3n) is 4.44. The van der Waals surface area contributed by atoms with Gasteiger partial charge in [-0.15, -0.1) is 23.4 Å². The summed E-state index contributed by atoms with van der Waals surface area (Å²) in [7, 11) is 0. The number of thioether (sulfide) groups is 1. The van der Waals surface area contributed by atoms with Crippen LogP contribution in [-0.4, -0.2) is 23.8 Å². The maximum absolute atomic E-state index is 6.26. The molecule has 2 aliphatic heterocycles. The van der Waals surface area contributed by atoms with E-state index in [1.807, 2.05) is 11.8 Å². The normalized spacial score (nSPS) is 34.8. The van der Waals surface area contributed by atoms with Gasteiger partial charge in [-0.05, 0) is 37.8 Å². The number of hydrogen-bond donors (Lipinski definition) is 0. The third-order valence-corrected chi connectivity index (χ3v) is 6.30. The molecular weight excluding hydrogens is 264 g/mol. The molecule has 18 heavy (non-hydrogen) atoms. The van der Waals surface area contributed by atoms with Crippen LogP contribution in [0.15, 0.2) is 29.2 Å². The van der Waals surface area contributed by atoms with Gasteiger partial charge >= 0.3 is 0 Å². The van der Waals surface area contributed by atoms with Gasteiger partial charge in [-0.2, -0.15) is 0 Å². The second-order valence-corrected chi connectivity index (χ2v) is 7.12. The van der Waals surface area contributed by atoms with E-state index in [9.17, 15) is 0 Å². The molecule has 3 unspecified atom stereocenters. The van der Waals surface area contributed by atoms with Crippen molar-refractivity contribution in [2.24, 2.45) is 5.41 Å². The summed E-state index contributed by atoms with van der Waals surface area (Å²) in [5, 5.41) is 0.672. The molecule has 1 nitrogen and oxygen atoms in total. The summed E-state index contributed by atoms with van der Waals surface area (Å²) in [5.41, 5.74) is 1.70. The number of fused-ring (bicyclic) bond motifs is 1. The van der Waals surface area contributed by atoms with Gasteiger partial charge in [-0.3, -0.25) is 0 Å². The van der Waals surface area contributed by atoms with Crippen molar-refractivity contribution in [3.8, 4) is 0 Å². The Labute approximate surface area is 118 Å². The second kappa shape index (κ2) is 5.07. The molecular formula is C15H19ClOS. The van der Waals surface area contributed by atoms with Crippen LogP contribution < -0.4 is 0 Å². The smallest absolute Gasteiger partial charge is 0.0615 e. The van der Waals surface area contributed by atoms with E-state index in [1.54, 1.807) is 0 Å². The molecule has 2 aliphatic rings. The van der Waals surface area contributed by atoms with E-state index in [0.29, 0.717) is 11.4 Å². The van der Waals surface area contributed by atoms with Crippen LogP contribution >= 0.6 is 23.4 Å². The van der Waals surface area contributed by atoms with Gasteiger partial charge in [-0.25, -0.2) is 0 Å². The van der Waals surface area contributed by atoms with Gasteiger partial charge in [0.25, 0.3) is 0 Å². The molecule has 0 aliphatic carbocycles. The van der Waals surface area contributed by atoms with Crippen LogP contribution in [0.1, 0.15) is 25.3 Å². The minimum absolute atomic E-state index is 0.196. The highest BCUT2D eigenvalue weighted by molar-refractivity contribution is 8.00. The van der Waals surface area contributed by atoms with Gasteiger partial charge in [0, 0.05) is 28.0 Å². The van der Waals surface area contributed by atoms with Crippen molar-refractivity contribution in [2.45, 2.75) is 42.4 Å². The van der Waals surface area contributed by atoms with E-state index < -0.39 is 0 Å². The quantitative estimate of drug-likeness (QED) is 0.771. The van der Waals surface area contributed by atoms with E-state index >= 15 is 0 Å². The van der Waals surface area contributed by atoms with Crippen LogP contribution in [0.2, 0.25) is 0 Å². The van der Waals surface area contributed by atoms with Crippen molar-refractivity contribution >= 4 is 23.4 Å². The molecule has 98 valence electrons. The molecule has 2 heterocycles. The zero-order chi connectivity index (χ0) is 12.6. The summed E-state index contributed by atoms with van der Waals surface area (Å²) in [6.07, 6.45) is 3.79. The summed E-state index contributed by atoms with van der Waals surface area (Å²) in [5.74, 6) is 0.724. The molecule has 1 saturated heterocycles. The van der Waals surface area contributed by atoms with E-state index in [2.05, 4.69) is 31.2 Å². The van der Waals surface area contributed by atoms with Crippen molar-refractivity contribution in [2.75, 3.05) is 12.5 Å². The second-order valence-electron chi connectivity index (χ2n) is 5.51. The highest BCUT2D eigenvalue weighted by atomic mass is 35.5. The SMILES string of the molecule is CC1OCCC1(CCl)CC1Cc2ccccc2S1. The predicted molar refractivity (Wildman–Crippen MR) is 77.6 cm³/mol. The number of hydrogen-bond acceptors (Lipinski definition) is 2. The van der Waals surface area contributed by atoms with Crippen LogP contribution in [0, 0.1) is 5.41 Å². The Bertz CT molecular complexity index is 411. The average Bonchev–Trinajstić information content (AvgIpc) is 2.94. The number of ether oxygens (including phenoxy) is 1. The van der Waals surface area contributed by atoms with E-state index in [1.165, 1.54) is 23.3 Å². The first kappa shape index (κ1) is 12.8. The van der Waals surface area contributed by atoms with E-state index in [0.717, 1.165) is 18.9 Å². The molecule has 0 amide bonds. The van der Waals surface area contributed by atoms with Gasteiger partial charge in [-0.1, -0.05) is 18.2 Å². The number of halogens is 1. The molecule has 1 fully saturated rings. The molecule has 3 rings (SSSR count). The largest absolute Gasteiger partial charge is 0.378 e. The first-order chi connectivity index (χ1) is 8.73. The number of alkyl halides is 1. The fourth-order valence-electron chi connectivity index (χ4n) is 3.14. The van der Waals surface area contributed by atoms with Crippen LogP contribution in [-0.2, 0) is 11.2 Å². The monoisotopic (exact) mass is 282 g/mol. The fraction of sp³-hybridized carbons (Fsp3) is 0.600. The van der Waals surface area contributed by atoms with Gasteiger partial charge < -0.3 is 4.74 Å². The number of rotatable bonds is 3. The van der Waals surface area contributed by atoms with E-state index in [-0.39, 0.29) is 5.41 Å². The van der Waals surface area contributed by atoms with Gasteiger partial charge in [0.1, 0.15) is 0 Å². The van der Waals surface area contributed by atoms with Crippen LogP contribution in [0.5, 0.6) is 0 Å². The summed E-state index contributed by atoms with van der Waals surface area (Å²) in [4.78, 5) is 1.46. The first-order valence-corrected chi connectivity index (χ1v) is 8.07. The molecule has 3 heteroatoms. The molecule has 0 saturated carbocycles. The highest BCUT2D eigenvalue weighted by Crippen LogP contribution is 2.47. The van der Waals surface area contributed by atoms with Crippen molar-refractivity contribution in [1.82, 2.24) is 0 Å². The van der Waals surface area contributed by atoms with E-state index in [4.69, 9.17) is 16.3 Å². The van der Waals surface area contributed by atoms with Crippen LogP contribution in [0.4, 0.5) is 0 Å². The lowest BCUT2D eigenvalue weighted by atomic mass is 9.78. The minimum atomic E-state index is 0.196. The van der Waals surface area contributed by atoms with Crippen LogP contribution in [0.25, 0.3) is 0 Å². The molecule has 0 bridgehead atoms. The van der Waals surface area contributed by atoms with Gasteiger partial charge in [0.05, 0.1) is 6.10 Å². The van der Waals surface area contributed by atoms with Gasteiger partial charge in [0.15, 0.2) is 0 Å². The van der Waals surface area contributed by atoms with Crippen molar-refractivity contribution < 1.29 is 4.74 Å². The van der Waals surface area contributed by atoms with Crippen molar-refractivity contribution in [3.63, 3.8) is 0 Å². The minimum Gasteiger partial charge on any atom is -0.378 e. The Kier molecular flexibility index (Phi) is 3.61. The molecule has 0 spiro atoms. The van der Waals surface area contributed by atoms with Crippen LogP contribution in [0.3, 0.4) is 0 Å². The lowest BCUT2D eigenvalue weighted by molar-refractivity contribution is 0.0694. The zero-order valence-corrected chi connectivity index (χ0v) is 12.3. The number of benzene rings is 1. The van der Waals surface area contributed by atoms with Gasteiger partial charge in [0.2, 0.25) is 0 Å². The molecule has 1 aromatic carbocycles. The Balaban J connectivity index is 1.72. The summed E-state index contributed by atoms with van der Waals surface area (Å²) in [6.45, 7) is 3.06. The Morgan fingerprint density at radius 1 is 1.44 bits per heavy atom. The molecule has 0 radical (unpaired) electrons. The summed E-state index contributed by atoms with van der Waals surface area (Å²) in [6, 6.07) is 8.76. The maximum Gasteiger partial charge on any atom is 0.0615 e. The Hall–Kier alpha value is -0.180. The average molecular weight is 283 g/mol. The molecule has 0 aromatic heterocycles. The maximum atomic E-state index is 6.26. The summed E-state index contributed by atoms with van der Waals surface area (Å²) < 4.78 is 5.75. The fourth-order valence-corrected chi connectivity index (χ4v) is 5.10. The zero-order valence-electron chi connectivity index (χ0n) is 10.7. The predicted octanol–water partition coefficient (Wildman–Crippen LogP) is 4.13. The van der Waals surface area contributed by atoms with Crippen molar-refractivity contribution in [1.29, 1.82) is 0 Å². The molecule has 3 atom stereocenters. The summed E-state index contributed by atoms with van der Waals surface area (Å²) >= 11 is 8.28. The Morgan fingerprint density at radius 3 is 2.94 bits per heavy atom. The third kappa shape index (κ3) is 2.19. The molecule has 1 aromatic rings. The van der Waals surface area contributed by atoms with Crippen molar-refractivity contribution in [3.05, 3.63) is 29.8 Å². The molecule has 0 N–H and O–H groups in total.